The first-order chi connectivity index (χ1) is 15.3. The van der Waals surface area contributed by atoms with E-state index in [0.717, 1.165) is 22.7 Å². The maximum absolute atomic E-state index is 12.8. The zero-order valence-electron chi connectivity index (χ0n) is 17.1. The first kappa shape index (κ1) is 20.2. The lowest BCUT2D eigenvalue weighted by Gasteiger charge is -2.23. The van der Waals surface area contributed by atoms with E-state index in [1.807, 2.05) is 96.1 Å². The van der Waals surface area contributed by atoms with Gasteiger partial charge in [-0.1, -0.05) is 72.8 Å². The summed E-state index contributed by atoms with van der Waals surface area (Å²) in [6, 6.07) is 27.3. The topological polar surface area (TPSA) is 41.6 Å². The van der Waals surface area contributed by atoms with E-state index in [4.69, 9.17) is 4.74 Å². The highest BCUT2D eigenvalue weighted by molar-refractivity contribution is 5.95. The van der Waals surface area contributed by atoms with Gasteiger partial charge in [-0.05, 0) is 47.5 Å². The molecule has 1 aliphatic heterocycles. The summed E-state index contributed by atoms with van der Waals surface area (Å²) in [6.07, 6.45) is 9.67. The lowest BCUT2D eigenvalue weighted by Crippen LogP contribution is -2.32. The minimum absolute atomic E-state index is 0.164. The van der Waals surface area contributed by atoms with Crippen LogP contribution in [0.5, 0.6) is 5.75 Å². The van der Waals surface area contributed by atoms with E-state index >= 15 is 0 Å². The first-order valence-corrected chi connectivity index (χ1v) is 10.2. The molecule has 0 unspecified atom stereocenters. The zero-order valence-corrected chi connectivity index (χ0v) is 17.1. The van der Waals surface area contributed by atoms with Gasteiger partial charge in [0.15, 0.2) is 0 Å². The number of carbonyl (C=O) groups excluding carboxylic acids is 1. The monoisotopic (exact) mass is 408 g/mol. The van der Waals surface area contributed by atoms with Gasteiger partial charge in [0.05, 0.1) is 0 Å². The van der Waals surface area contributed by atoms with Crippen LogP contribution < -0.4 is 10.1 Å². The summed E-state index contributed by atoms with van der Waals surface area (Å²) in [5.74, 6) is 1.29. The van der Waals surface area contributed by atoms with E-state index in [9.17, 15) is 4.79 Å². The molecule has 1 heterocycles. The van der Waals surface area contributed by atoms with Crippen molar-refractivity contribution in [3.05, 3.63) is 138 Å². The molecule has 0 atom stereocenters. The number of hydrogen-bond acceptors (Lipinski definition) is 3. The van der Waals surface area contributed by atoms with Crippen LogP contribution in [-0.4, -0.2) is 10.8 Å². The largest absolute Gasteiger partial charge is 0.489 e. The van der Waals surface area contributed by atoms with Crippen LogP contribution in [0.4, 0.5) is 0 Å². The first-order valence-electron chi connectivity index (χ1n) is 10.2. The number of amides is 1. The molecule has 0 saturated heterocycles. The van der Waals surface area contributed by atoms with Crippen LogP contribution in [0, 0.1) is 0 Å². The molecular formula is C27H24N2O2. The molecule has 0 bridgehead atoms. The van der Waals surface area contributed by atoms with Gasteiger partial charge < -0.3 is 15.0 Å². The van der Waals surface area contributed by atoms with Crippen molar-refractivity contribution in [2.45, 2.75) is 13.2 Å². The summed E-state index contributed by atoms with van der Waals surface area (Å²) in [5.41, 5.74) is 2.84. The van der Waals surface area contributed by atoms with E-state index in [1.165, 1.54) is 0 Å². The van der Waals surface area contributed by atoms with Gasteiger partial charge in [-0.2, -0.15) is 0 Å². The van der Waals surface area contributed by atoms with Gasteiger partial charge in [-0.3, -0.25) is 4.79 Å². The average molecular weight is 409 g/mol. The number of carbonyl (C=O) groups is 1. The van der Waals surface area contributed by atoms with Crippen LogP contribution >= 0.6 is 0 Å². The van der Waals surface area contributed by atoms with Gasteiger partial charge in [-0.25, -0.2) is 0 Å². The Balaban J connectivity index is 1.39. The van der Waals surface area contributed by atoms with Crippen molar-refractivity contribution in [1.29, 1.82) is 0 Å². The second-order valence-electron chi connectivity index (χ2n) is 7.14. The van der Waals surface area contributed by atoms with Crippen molar-refractivity contribution in [1.82, 2.24) is 10.2 Å². The van der Waals surface area contributed by atoms with Crippen LogP contribution in [0.15, 0.2) is 121 Å². The fourth-order valence-corrected chi connectivity index (χ4v) is 3.20. The van der Waals surface area contributed by atoms with Crippen LogP contribution in [0.1, 0.15) is 21.5 Å². The number of allylic oxidation sites excluding steroid dienone is 4. The van der Waals surface area contributed by atoms with Gasteiger partial charge in [0.1, 0.15) is 18.2 Å². The van der Waals surface area contributed by atoms with Crippen molar-refractivity contribution in [2.24, 2.45) is 0 Å². The molecule has 1 aliphatic rings. The standard InChI is InChI=1S/C27H24N2O2/c30-27(24-15-17-25(18-16-24)31-21-23-12-6-2-7-13-23)28-26-14-8-3-9-19-29(26)20-22-10-4-1-5-11-22/h1-19H,20-21H2,(H,28,30). The summed E-state index contributed by atoms with van der Waals surface area (Å²) in [7, 11) is 0. The molecule has 0 aromatic heterocycles. The van der Waals surface area contributed by atoms with E-state index in [2.05, 4.69) is 17.4 Å². The molecule has 0 aliphatic carbocycles. The van der Waals surface area contributed by atoms with E-state index in [-0.39, 0.29) is 5.91 Å². The second-order valence-corrected chi connectivity index (χ2v) is 7.14. The molecule has 0 radical (unpaired) electrons. The highest BCUT2D eigenvalue weighted by Crippen LogP contribution is 2.16. The second kappa shape index (κ2) is 10.1. The molecule has 0 spiro atoms. The predicted octanol–water partition coefficient (Wildman–Crippen LogP) is 5.42. The Bertz CT molecular complexity index is 1090. The van der Waals surface area contributed by atoms with Crippen LogP contribution in [0.25, 0.3) is 0 Å². The molecule has 154 valence electrons. The molecule has 3 aromatic carbocycles. The number of nitrogens with zero attached hydrogens (tertiary/aromatic N) is 1. The minimum Gasteiger partial charge on any atom is -0.489 e. The van der Waals surface area contributed by atoms with Gasteiger partial charge in [0.2, 0.25) is 0 Å². The molecule has 1 amide bonds. The Labute approximate surface area is 182 Å². The van der Waals surface area contributed by atoms with Crippen molar-refractivity contribution in [3.63, 3.8) is 0 Å². The van der Waals surface area contributed by atoms with Crippen molar-refractivity contribution >= 4 is 5.91 Å². The molecule has 4 nitrogen and oxygen atoms in total. The Hall–Kier alpha value is -4.05. The highest BCUT2D eigenvalue weighted by Gasteiger charge is 2.13. The Morgan fingerprint density at radius 1 is 0.774 bits per heavy atom. The van der Waals surface area contributed by atoms with Crippen LogP contribution in [0.3, 0.4) is 0 Å². The molecule has 0 saturated carbocycles. The lowest BCUT2D eigenvalue weighted by atomic mass is 10.2. The third kappa shape index (κ3) is 5.73. The summed E-state index contributed by atoms with van der Waals surface area (Å²) in [6.45, 7) is 1.16. The fraction of sp³-hybridized carbons (Fsp3) is 0.0741. The molecular weight excluding hydrogens is 384 g/mol. The summed E-state index contributed by atoms with van der Waals surface area (Å²) >= 11 is 0. The third-order valence-corrected chi connectivity index (χ3v) is 4.85. The normalized spacial score (nSPS) is 12.8. The SMILES string of the molecule is O=C(NC1=CC=CC=CN1Cc1ccccc1)c1ccc(OCc2ccccc2)cc1. The van der Waals surface area contributed by atoms with Gasteiger partial charge in [-0.15, -0.1) is 0 Å². The van der Waals surface area contributed by atoms with Gasteiger partial charge >= 0.3 is 0 Å². The van der Waals surface area contributed by atoms with Gasteiger partial charge in [0.25, 0.3) is 5.91 Å². The van der Waals surface area contributed by atoms with Crippen LogP contribution in [0.2, 0.25) is 0 Å². The summed E-state index contributed by atoms with van der Waals surface area (Å²) < 4.78 is 5.81. The molecule has 4 heteroatoms. The maximum atomic E-state index is 12.8. The predicted molar refractivity (Wildman–Crippen MR) is 123 cm³/mol. The number of nitrogens with one attached hydrogen (secondary N) is 1. The van der Waals surface area contributed by atoms with Gasteiger partial charge in [0, 0.05) is 18.3 Å². The molecule has 4 rings (SSSR count). The molecule has 0 fully saturated rings. The Kier molecular flexibility index (Phi) is 6.61. The van der Waals surface area contributed by atoms with Crippen molar-refractivity contribution in [3.8, 4) is 5.75 Å². The van der Waals surface area contributed by atoms with Crippen LogP contribution in [-0.2, 0) is 13.2 Å². The molecule has 3 aromatic rings. The minimum atomic E-state index is -0.164. The Morgan fingerprint density at radius 2 is 1.45 bits per heavy atom. The number of hydrogen-bond donors (Lipinski definition) is 1. The maximum Gasteiger partial charge on any atom is 0.256 e. The smallest absolute Gasteiger partial charge is 0.256 e. The number of rotatable bonds is 7. The van der Waals surface area contributed by atoms with E-state index in [0.29, 0.717) is 18.7 Å². The molecule has 1 N–H and O–H groups in total. The number of benzene rings is 3. The van der Waals surface area contributed by atoms with Crippen molar-refractivity contribution in [2.75, 3.05) is 0 Å². The van der Waals surface area contributed by atoms with E-state index in [1.54, 1.807) is 12.1 Å². The summed E-state index contributed by atoms with van der Waals surface area (Å²) in [4.78, 5) is 14.9. The highest BCUT2D eigenvalue weighted by atomic mass is 16.5. The van der Waals surface area contributed by atoms with E-state index < -0.39 is 0 Å². The quantitative estimate of drug-likeness (QED) is 0.567. The average Bonchev–Trinajstić information content (AvgIpc) is 3.04. The number of ether oxygens (including phenoxy) is 1. The van der Waals surface area contributed by atoms with Crippen molar-refractivity contribution < 1.29 is 9.53 Å². The third-order valence-electron chi connectivity index (χ3n) is 4.85. The zero-order chi connectivity index (χ0) is 21.3. The summed E-state index contributed by atoms with van der Waals surface area (Å²) in [5, 5.41) is 3.03. The Morgan fingerprint density at radius 3 is 2.16 bits per heavy atom. The molecule has 31 heavy (non-hydrogen) atoms. The lowest BCUT2D eigenvalue weighted by molar-refractivity contribution is 0.0955. The fourth-order valence-electron chi connectivity index (χ4n) is 3.20.